The van der Waals surface area contributed by atoms with E-state index in [4.69, 9.17) is 9.73 Å². The number of pyridine rings is 1. The standard InChI is InChI=1S/C25H27N5O7/c1-2-37-24(32)19(28-21-14-22(31)25(21)10-4-3-5-11-25)12-16-6-8-17(9-7-16)27-23-20(30(35)36)13-18(15-26-23)29(33)34/h6-9,13,15,19H,2-5,10-12,14H2,1H3,(H,26,27)/t19-/m0/s1. The summed E-state index contributed by atoms with van der Waals surface area (Å²) in [6.45, 7) is 1.94. The number of hydrogen-bond donors (Lipinski definition) is 1. The predicted molar refractivity (Wildman–Crippen MR) is 134 cm³/mol. The molecule has 1 N–H and O–H groups in total. The number of ether oxygens (including phenoxy) is 1. The van der Waals surface area contributed by atoms with Crippen LogP contribution in [0.3, 0.4) is 0 Å². The molecule has 1 spiro atoms. The highest BCUT2D eigenvalue weighted by molar-refractivity contribution is 6.27. The van der Waals surface area contributed by atoms with Gasteiger partial charge >= 0.3 is 11.7 Å². The van der Waals surface area contributed by atoms with Crippen LogP contribution in [0.4, 0.5) is 22.9 Å². The first-order valence-electron chi connectivity index (χ1n) is 12.2. The number of nitrogens with zero attached hydrogens (tertiary/aromatic N) is 4. The van der Waals surface area contributed by atoms with E-state index in [-0.39, 0.29) is 31.0 Å². The zero-order valence-electron chi connectivity index (χ0n) is 20.3. The van der Waals surface area contributed by atoms with Crippen molar-refractivity contribution >= 4 is 40.3 Å². The van der Waals surface area contributed by atoms with Crippen molar-refractivity contribution in [3.63, 3.8) is 0 Å². The molecule has 12 nitrogen and oxygen atoms in total. The molecule has 2 saturated carbocycles. The smallest absolute Gasteiger partial charge is 0.331 e. The van der Waals surface area contributed by atoms with Gasteiger partial charge in [-0.05, 0) is 37.5 Å². The molecule has 0 bridgehead atoms. The summed E-state index contributed by atoms with van der Waals surface area (Å²) in [5, 5.41) is 25.1. The van der Waals surface area contributed by atoms with E-state index >= 15 is 0 Å². The monoisotopic (exact) mass is 509 g/mol. The lowest BCUT2D eigenvalue weighted by Gasteiger charge is -2.44. The number of anilines is 2. The van der Waals surface area contributed by atoms with E-state index in [0.29, 0.717) is 5.69 Å². The van der Waals surface area contributed by atoms with E-state index in [1.54, 1.807) is 31.2 Å². The van der Waals surface area contributed by atoms with Crippen LogP contribution in [0.25, 0.3) is 0 Å². The lowest BCUT2D eigenvalue weighted by atomic mass is 9.58. The zero-order chi connectivity index (χ0) is 26.6. The lowest BCUT2D eigenvalue weighted by Crippen LogP contribution is -2.52. The van der Waals surface area contributed by atoms with E-state index < -0.39 is 38.6 Å². The maximum absolute atomic E-state index is 12.7. The number of aliphatic imine (C=N–C) groups is 1. The van der Waals surface area contributed by atoms with Gasteiger partial charge in [-0.25, -0.2) is 9.78 Å². The maximum atomic E-state index is 12.7. The Morgan fingerprint density at radius 1 is 1.16 bits per heavy atom. The van der Waals surface area contributed by atoms with Gasteiger partial charge in [0.05, 0.1) is 27.9 Å². The molecule has 0 aliphatic heterocycles. The summed E-state index contributed by atoms with van der Waals surface area (Å²) in [5.41, 5.74) is 0.527. The second kappa shape index (κ2) is 10.8. The van der Waals surface area contributed by atoms with Gasteiger partial charge in [0.1, 0.15) is 12.0 Å². The minimum atomic E-state index is -0.780. The molecule has 1 atom stereocenters. The average Bonchev–Trinajstić information content (AvgIpc) is 2.89. The van der Waals surface area contributed by atoms with Crippen molar-refractivity contribution < 1.29 is 24.2 Å². The molecule has 2 aromatic rings. The zero-order valence-corrected chi connectivity index (χ0v) is 20.3. The Hall–Kier alpha value is -4.22. The maximum Gasteiger partial charge on any atom is 0.331 e. The van der Waals surface area contributed by atoms with Gasteiger partial charge in [-0.3, -0.25) is 30.0 Å². The number of benzene rings is 1. The van der Waals surface area contributed by atoms with Gasteiger partial charge in [-0.2, -0.15) is 0 Å². The van der Waals surface area contributed by atoms with E-state index in [1.165, 1.54) is 0 Å². The van der Waals surface area contributed by atoms with Crippen LogP contribution >= 0.6 is 0 Å². The van der Waals surface area contributed by atoms with Crippen molar-refractivity contribution in [1.82, 2.24) is 4.98 Å². The summed E-state index contributed by atoms with van der Waals surface area (Å²) in [6.07, 6.45) is 6.10. The molecule has 0 radical (unpaired) electrons. The summed E-state index contributed by atoms with van der Waals surface area (Å²) >= 11 is 0. The molecule has 1 heterocycles. The van der Waals surface area contributed by atoms with Crippen molar-refractivity contribution in [3.05, 3.63) is 62.3 Å². The normalized spacial score (nSPS) is 18.2. The molecule has 0 saturated heterocycles. The number of hydrogen-bond acceptors (Lipinski definition) is 10. The van der Waals surface area contributed by atoms with Crippen molar-refractivity contribution in [2.45, 2.75) is 57.9 Å². The third-order valence-corrected chi connectivity index (χ3v) is 6.90. The van der Waals surface area contributed by atoms with Crippen molar-refractivity contribution in [3.8, 4) is 0 Å². The van der Waals surface area contributed by atoms with Crippen LogP contribution in [-0.4, -0.2) is 44.9 Å². The Morgan fingerprint density at radius 2 is 1.86 bits per heavy atom. The summed E-state index contributed by atoms with van der Waals surface area (Å²) in [5.74, 6) is -0.377. The highest BCUT2D eigenvalue weighted by Gasteiger charge is 2.52. The highest BCUT2D eigenvalue weighted by atomic mass is 16.6. The molecular weight excluding hydrogens is 482 g/mol. The number of aromatic nitrogens is 1. The first-order chi connectivity index (χ1) is 17.7. The van der Waals surface area contributed by atoms with Crippen LogP contribution in [0.2, 0.25) is 0 Å². The van der Waals surface area contributed by atoms with Gasteiger partial charge in [0.2, 0.25) is 5.82 Å². The first-order valence-corrected chi connectivity index (χ1v) is 12.2. The fraction of sp³-hybridized carbons (Fsp3) is 0.440. The number of rotatable bonds is 9. The van der Waals surface area contributed by atoms with Gasteiger partial charge in [0.15, 0.2) is 6.04 Å². The molecule has 0 amide bonds. The van der Waals surface area contributed by atoms with Crippen molar-refractivity contribution in [2.24, 2.45) is 10.4 Å². The van der Waals surface area contributed by atoms with Crippen LogP contribution in [-0.2, 0) is 20.7 Å². The summed E-state index contributed by atoms with van der Waals surface area (Å²) in [6, 6.07) is 6.87. The summed E-state index contributed by atoms with van der Waals surface area (Å²) in [4.78, 5) is 54.5. The number of carbonyl (C=O) groups is 2. The van der Waals surface area contributed by atoms with Crippen LogP contribution in [0, 0.1) is 25.6 Å². The molecule has 12 heteroatoms. The molecule has 2 fully saturated rings. The number of Topliss-reactive ketones (excluding diaryl/α,β-unsaturated/α-hetero) is 1. The van der Waals surface area contributed by atoms with Gasteiger partial charge in [-0.1, -0.05) is 31.4 Å². The first kappa shape index (κ1) is 25.9. The molecule has 0 unspecified atom stereocenters. The van der Waals surface area contributed by atoms with Crippen molar-refractivity contribution in [2.75, 3.05) is 11.9 Å². The fourth-order valence-corrected chi connectivity index (χ4v) is 4.91. The van der Waals surface area contributed by atoms with Gasteiger partial charge in [0, 0.05) is 24.2 Å². The fourth-order valence-electron chi connectivity index (χ4n) is 4.91. The number of nitrogens with one attached hydrogen (secondary N) is 1. The molecule has 2 aliphatic carbocycles. The SMILES string of the molecule is CCOC(=O)[C@H](Cc1ccc(Nc2ncc([N+](=O)[O-])cc2[N+](=O)[O-])cc1)N=C1CC(=O)C12CCCCC2. The Morgan fingerprint density at radius 3 is 2.46 bits per heavy atom. The minimum absolute atomic E-state index is 0.133. The second-order valence-corrected chi connectivity index (χ2v) is 9.19. The summed E-state index contributed by atoms with van der Waals surface area (Å²) in [7, 11) is 0. The van der Waals surface area contributed by atoms with Gasteiger partial charge in [0.25, 0.3) is 5.69 Å². The third kappa shape index (κ3) is 5.47. The molecule has 1 aromatic carbocycles. The van der Waals surface area contributed by atoms with Crippen LogP contribution in [0.15, 0.2) is 41.5 Å². The number of nitro groups is 2. The number of carbonyl (C=O) groups excluding carboxylic acids is 2. The average molecular weight is 510 g/mol. The van der Waals surface area contributed by atoms with Crippen LogP contribution in [0.1, 0.15) is 51.0 Å². The molecule has 194 valence electrons. The Labute approximate surface area is 212 Å². The van der Waals surface area contributed by atoms with Crippen LogP contribution < -0.4 is 5.32 Å². The van der Waals surface area contributed by atoms with E-state index in [0.717, 1.165) is 55.6 Å². The quantitative estimate of drug-likeness (QED) is 0.291. The molecule has 4 rings (SSSR count). The Bertz CT molecular complexity index is 1250. The van der Waals surface area contributed by atoms with Gasteiger partial charge in [-0.15, -0.1) is 0 Å². The highest BCUT2D eigenvalue weighted by Crippen LogP contribution is 2.47. The molecule has 1 aromatic heterocycles. The number of esters is 1. The van der Waals surface area contributed by atoms with E-state index in [1.807, 2.05) is 0 Å². The molecule has 2 aliphatic rings. The largest absolute Gasteiger partial charge is 0.464 e. The van der Waals surface area contributed by atoms with E-state index in [9.17, 15) is 29.8 Å². The Kier molecular flexibility index (Phi) is 7.55. The molecular formula is C25H27N5O7. The van der Waals surface area contributed by atoms with Crippen molar-refractivity contribution in [1.29, 1.82) is 0 Å². The third-order valence-electron chi connectivity index (χ3n) is 6.90. The topological polar surface area (TPSA) is 167 Å². The second-order valence-electron chi connectivity index (χ2n) is 9.19. The lowest BCUT2D eigenvalue weighted by molar-refractivity contribution is -0.394. The summed E-state index contributed by atoms with van der Waals surface area (Å²) < 4.78 is 5.25. The van der Waals surface area contributed by atoms with Crippen LogP contribution in [0.5, 0.6) is 0 Å². The predicted octanol–water partition coefficient (Wildman–Crippen LogP) is 4.48. The molecule has 37 heavy (non-hydrogen) atoms. The minimum Gasteiger partial charge on any atom is -0.464 e. The van der Waals surface area contributed by atoms with E-state index in [2.05, 4.69) is 10.3 Å². The van der Waals surface area contributed by atoms with Gasteiger partial charge < -0.3 is 10.1 Å². The number of ketones is 1. The Balaban J connectivity index is 1.52.